The van der Waals surface area contributed by atoms with Crippen LogP contribution in [0.1, 0.15) is 226 Å². The van der Waals surface area contributed by atoms with Crippen LogP contribution in [0.3, 0.4) is 0 Å². The number of non-ortho nitro benzene ring substituents is 1. The zero-order chi connectivity index (χ0) is 47.4. The zero-order valence-corrected chi connectivity index (χ0v) is 42.2. The number of ether oxygens (including phenoxy) is 2. The van der Waals surface area contributed by atoms with Gasteiger partial charge in [0.2, 0.25) is 0 Å². The maximum Gasteiger partial charge on any atom is 0.270 e. The highest BCUT2D eigenvalue weighted by molar-refractivity contribution is 5.84. The van der Waals surface area contributed by atoms with Gasteiger partial charge >= 0.3 is 0 Å². The summed E-state index contributed by atoms with van der Waals surface area (Å²) in [5, 5.41) is 36.8. The Balaban J connectivity index is 2.46. The van der Waals surface area contributed by atoms with Crippen molar-refractivity contribution in [3.63, 3.8) is 0 Å². The molecule has 0 bridgehead atoms. The number of benzene rings is 3. The van der Waals surface area contributed by atoms with Gasteiger partial charge in [0.15, 0.2) is 0 Å². The fraction of sp³-hybridized carbons (Fsp3) is 0.655. The lowest BCUT2D eigenvalue weighted by Gasteiger charge is -2.40. The van der Waals surface area contributed by atoms with E-state index >= 15 is 0 Å². The zero-order valence-electron chi connectivity index (χ0n) is 42.2. The molecule has 3 rings (SSSR count). The van der Waals surface area contributed by atoms with Gasteiger partial charge in [0.1, 0.15) is 22.8 Å². The van der Waals surface area contributed by atoms with Gasteiger partial charge in [0, 0.05) is 46.2 Å². The highest BCUT2D eigenvalue weighted by Crippen LogP contribution is 2.49. The summed E-state index contributed by atoms with van der Waals surface area (Å²) >= 11 is 0. The largest absolute Gasteiger partial charge is 0.507 e. The second-order valence-electron chi connectivity index (χ2n) is 22.0. The predicted octanol–water partition coefficient (Wildman–Crippen LogP) is 15.1. The van der Waals surface area contributed by atoms with Gasteiger partial charge in [-0.25, -0.2) is 0 Å². The van der Waals surface area contributed by atoms with E-state index in [0.717, 1.165) is 59.4 Å². The third kappa shape index (κ3) is 14.5. The predicted molar refractivity (Wildman–Crippen MR) is 265 cm³/mol. The Bertz CT molecular complexity index is 1790. The van der Waals surface area contributed by atoms with E-state index in [2.05, 4.69) is 121 Å². The molecule has 352 valence electrons. The Hall–Kier alpha value is -3.91. The highest BCUT2D eigenvalue weighted by atomic mass is 16.6. The van der Waals surface area contributed by atoms with Gasteiger partial charge in [-0.05, 0) is 82.4 Å². The molecule has 8 heteroatoms. The molecule has 0 spiro atoms. The molecule has 0 aliphatic heterocycles. The molecular weight excluding hydrogens is 785 g/mol. The lowest BCUT2D eigenvalue weighted by molar-refractivity contribution is -0.384. The molecule has 3 aromatic rings. The van der Waals surface area contributed by atoms with E-state index in [1.165, 1.54) is 75.8 Å². The third-order valence-corrected chi connectivity index (χ3v) is 12.3. The van der Waals surface area contributed by atoms with Crippen LogP contribution in [0.4, 0.5) is 5.69 Å². The molecule has 1 unspecified atom stereocenters. The van der Waals surface area contributed by atoms with E-state index in [-0.39, 0.29) is 38.7 Å². The van der Waals surface area contributed by atoms with Crippen molar-refractivity contribution in [3.8, 4) is 17.2 Å². The summed E-state index contributed by atoms with van der Waals surface area (Å²) in [5.41, 5.74) is 2.35. The molecular formula is C55H86N2O6. The van der Waals surface area contributed by atoms with Crippen molar-refractivity contribution in [2.45, 2.75) is 221 Å². The standard InChI is InChI=1S/C55H86N2O6/c1-16-19-21-23-25-27-31-62-49-43(51(4,5)6)34-40(35-44(49)52(7,8)9)55(59,48(18-3)56-38-39-33-42(57(60)61)29-30-47(39)58)41-36-45(53(10,11)12)50(46(37-41)54(13,14)15)63-32-28-26-24-22-20-17-2/h29-30,33-38,48,58-59H,16-28,31-32H2,1-15H3. The van der Waals surface area contributed by atoms with Crippen molar-refractivity contribution >= 4 is 11.9 Å². The molecule has 0 saturated carbocycles. The Kier molecular flexibility index (Phi) is 19.4. The van der Waals surface area contributed by atoms with Crippen LogP contribution in [-0.2, 0) is 27.3 Å². The first-order valence-electron chi connectivity index (χ1n) is 24.2. The lowest BCUT2D eigenvalue weighted by atomic mass is 9.70. The minimum absolute atomic E-state index is 0.128. The van der Waals surface area contributed by atoms with E-state index in [0.29, 0.717) is 30.8 Å². The average Bonchev–Trinajstić information content (AvgIpc) is 3.18. The average molecular weight is 871 g/mol. The van der Waals surface area contributed by atoms with E-state index in [4.69, 9.17) is 14.5 Å². The van der Waals surface area contributed by atoms with Crippen molar-refractivity contribution in [3.05, 3.63) is 91.5 Å². The SMILES string of the molecule is CCCCCCCCOc1c(C(C)(C)C)cc(C(O)(c2cc(C(C)(C)C)c(OCCCCCCCC)c(C(C)(C)C)c2)C(CC)N=Cc2cc([N+](=O)[O-])ccc2O)cc1C(C)(C)C. The molecule has 3 aromatic carbocycles. The van der Waals surface area contributed by atoms with Crippen LogP contribution in [-0.4, -0.2) is 40.6 Å². The monoisotopic (exact) mass is 871 g/mol. The van der Waals surface area contributed by atoms with Crippen LogP contribution in [0.25, 0.3) is 0 Å². The normalized spacial score (nSPS) is 13.5. The van der Waals surface area contributed by atoms with Crippen LogP contribution < -0.4 is 9.47 Å². The number of aromatic hydroxyl groups is 1. The Morgan fingerprint density at radius 1 is 0.603 bits per heavy atom. The summed E-state index contributed by atoms with van der Waals surface area (Å²) < 4.78 is 13.7. The molecule has 0 saturated heterocycles. The molecule has 63 heavy (non-hydrogen) atoms. The summed E-state index contributed by atoms with van der Waals surface area (Å²) in [4.78, 5) is 16.4. The smallest absolute Gasteiger partial charge is 0.270 e. The van der Waals surface area contributed by atoms with Crippen molar-refractivity contribution in [2.24, 2.45) is 4.99 Å². The second kappa shape index (κ2) is 22.8. The first kappa shape index (κ1) is 53.4. The summed E-state index contributed by atoms with van der Waals surface area (Å²) in [6, 6.07) is 11.7. The summed E-state index contributed by atoms with van der Waals surface area (Å²) in [6.07, 6.45) is 15.9. The second-order valence-corrected chi connectivity index (χ2v) is 22.0. The first-order chi connectivity index (χ1) is 29.3. The van der Waals surface area contributed by atoms with Crippen LogP contribution in [0.5, 0.6) is 17.2 Å². The molecule has 0 heterocycles. The fourth-order valence-corrected chi connectivity index (χ4v) is 8.34. The Morgan fingerprint density at radius 2 is 0.968 bits per heavy atom. The molecule has 2 N–H and O–H groups in total. The highest BCUT2D eigenvalue weighted by Gasteiger charge is 2.44. The van der Waals surface area contributed by atoms with Crippen molar-refractivity contribution < 1.29 is 24.6 Å². The summed E-state index contributed by atoms with van der Waals surface area (Å²) in [7, 11) is 0. The maximum atomic E-state index is 14.1. The molecule has 0 aliphatic rings. The Morgan fingerprint density at radius 3 is 1.30 bits per heavy atom. The number of phenols is 1. The topological polar surface area (TPSA) is 114 Å². The first-order valence-corrected chi connectivity index (χ1v) is 24.2. The van der Waals surface area contributed by atoms with Crippen LogP contribution in [0, 0.1) is 10.1 Å². The molecule has 8 nitrogen and oxygen atoms in total. The quantitative estimate of drug-likeness (QED) is 0.0424. The molecule has 1 atom stereocenters. The van der Waals surface area contributed by atoms with E-state index in [1.54, 1.807) is 0 Å². The third-order valence-electron chi connectivity index (χ3n) is 12.3. The number of nitro groups is 1. The minimum Gasteiger partial charge on any atom is -0.507 e. The van der Waals surface area contributed by atoms with Crippen molar-refractivity contribution in [2.75, 3.05) is 13.2 Å². The number of nitrogens with zero attached hydrogens (tertiary/aromatic N) is 2. The van der Waals surface area contributed by atoms with Gasteiger partial charge in [0.25, 0.3) is 5.69 Å². The van der Waals surface area contributed by atoms with Gasteiger partial charge in [-0.3, -0.25) is 15.1 Å². The molecule has 0 aromatic heterocycles. The molecule has 0 aliphatic carbocycles. The molecule has 0 fully saturated rings. The number of aliphatic hydroxyl groups is 1. The van der Waals surface area contributed by atoms with Crippen molar-refractivity contribution in [1.82, 2.24) is 0 Å². The van der Waals surface area contributed by atoms with Gasteiger partial charge in [-0.15, -0.1) is 0 Å². The van der Waals surface area contributed by atoms with Gasteiger partial charge in [-0.2, -0.15) is 0 Å². The summed E-state index contributed by atoms with van der Waals surface area (Å²) in [6.45, 7) is 34.0. The number of aliphatic imine (C=N–C) groups is 1. The fourth-order valence-electron chi connectivity index (χ4n) is 8.34. The molecule has 0 amide bonds. The van der Waals surface area contributed by atoms with Crippen LogP contribution in [0.15, 0.2) is 47.5 Å². The number of hydrogen-bond acceptors (Lipinski definition) is 7. The van der Waals surface area contributed by atoms with Crippen LogP contribution >= 0.6 is 0 Å². The summed E-state index contributed by atoms with van der Waals surface area (Å²) in [5.74, 6) is 1.62. The Labute approximate surface area is 382 Å². The number of unbranched alkanes of at least 4 members (excludes halogenated alkanes) is 10. The van der Waals surface area contributed by atoms with Crippen molar-refractivity contribution in [1.29, 1.82) is 0 Å². The van der Waals surface area contributed by atoms with Gasteiger partial charge < -0.3 is 19.7 Å². The lowest BCUT2D eigenvalue weighted by Crippen LogP contribution is -2.41. The number of phenolic OH excluding ortho intramolecular Hbond substituents is 1. The van der Waals surface area contributed by atoms with E-state index < -0.39 is 16.6 Å². The number of nitro benzene ring substituents is 1. The minimum atomic E-state index is -1.71. The number of rotatable bonds is 23. The van der Waals surface area contributed by atoms with E-state index in [9.17, 15) is 20.3 Å². The number of hydrogen-bond donors (Lipinski definition) is 2. The van der Waals surface area contributed by atoms with Gasteiger partial charge in [0.05, 0.1) is 24.2 Å². The maximum absolute atomic E-state index is 14.1. The molecule has 0 radical (unpaired) electrons. The van der Waals surface area contributed by atoms with Gasteiger partial charge in [-0.1, -0.05) is 168 Å². The van der Waals surface area contributed by atoms with E-state index in [1.807, 2.05) is 6.92 Å². The van der Waals surface area contributed by atoms with Crippen LogP contribution in [0.2, 0.25) is 0 Å².